The van der Waals surface area contributed by atoms with Gasteiger partial charge in [-0.05, 0) is 30.7 Å². The Kier molecular flexibility index (Phi) is 4.97. The molecule has 2 N–H and O–H groups in total. The number of benzene rings is 1. The molecule has 2 heteroatoms. The molecule has 0 heterocycles. The average molecular weight is 222 g/mol. The molecule has 0 aromatic heterocycles. The van der Waals surface area contributed by atoms with Crippen LogP contribution in [0.25, 0.3) is 0 Å². The molecule has 2 nitrogen and oxygen atoms in total. The van der Waals surface area contributed by atoms with Crippen LogP contribution in [0.4, 0.5) is 0 Å². The fraction of sp³-hybridized carbons (Fsp3) is 0.571. The first-order valence-electron chi connectivity index (χ1n) is 5.93. The zero-order valence-corrected chi connectivity index (χ0v) is 10.3. The number of aliphatic hydroxyl groups excluding tert-OH is 2. The Morgan fingerprint density at radius 2 is 1.56 bits per heavy atom. The van der Waals surface area contributed by atoms with E-state index >= 15 is 0 Å². The van der Waals surface area contributed by atoms with Crippen molar-refractivity contribution in [3.05, 3.63) is 35.9 Å². The minimum atomic E-state index is -0.483. The maximum Gasteiger partial charge on any atom is 0.0793 e. The van der Waals surface area contributed by atoms with Crippen molar-refractivity contribution in [1.29, 1.82) is 0 Å². The topological polar surface area (TPSA) is 40.5 Å². The molecular formula is C14H22O2. The molecule has 0 fully saturated rings. The second kappa shape index (κ2) is 6.02. The van der Waals surface area contributed by atoms with Gasteiger partial charge < -0.3 is 10.2 Å². The second-order valence-corrected chi connectivity index (χ2v) is 4.81. The van der Waals surface area contributed by atoms with Crippen LogP contribution in [0.3, 0.4) is 0 Å². The summed E-state index contributed by atoms with van der Waals surface area (Å²) in [6, 6.07) is 9.62. The highest BCUT2D eigenvalue weighted by Crippen LogP contribution is 2.28. The molecule has 0 spiro atoms. The molecule has 3 unspecified atom stereocenters. The van der Waals surface area contributed by atoms with Gasteiger partial charge in [0, 0.05) is 0 Å². The van der Waals surface area contributed by atoms with Gasteiger partial charge in [0.2, 0.25) is 0 Å². The van der Waals surface area contributed by atoms with Crippen molar-refractivity contribution in [2.45, 2.75) is 39.4 Å². The highest BCUT2D eigenvalue weighted by Gasteiger charge is 2.22. The molecule has 1 aromatic rings. The van der Waals surface area contributed by atoms with Crippen LogP contribution in [-0.2, 0) is 0 Å². The normalized spacial score (nSPS) is 17.1. The highest BCUT2D eigenvalue weighted by molar-refractivity contribution is 5.17. The predicted molar refractivity (Wildman–Crippen MR) is 66.0 cm³/mol. The first-order chi connectivity index (χ1) is 7.52. The third-order valence-corrected chi connectivity index (χ3v) is 3.16. The van der Waals surface area contributed by atoms with Gasteiger partial charge >= 0.3 is 0 Å². The Morgan fingerprint density at radius 3 is 2.00 bits per heavy atom. The Labute approximate surface area is 97.9 Å². The molecule has 1 rings (SSSR count). The summed E-state index contributed by atoms with van der Waals surface area (Å²) in [4.78, 5) is 0. The summed E-state index contributed by atoms with van der Waals surface area (Å²) in [6.45, 7) is 5.95. The van der Waals surface area contributed by atoms with Crippen molar-refractivity contribution >= 4 is 0 Å². The fourth-order valence-corrected chi connectivity index (χ4v) is 2.10. The molecule has 0 aliphatic carbocycles. The molecule has 0 bridgehead atoms. The summed E-state index contributed by atoms with van der Waals surface area (Å²) >= 11 is 0. The van der Waals surface area contributed by atoms with E-state index in [0.717, 1.165) is 5.56 Å². The molecule has 0 aliphatic rings. The first kappa shape index (κ1) is 13.2. The molecule has 0 radical (unpaired) electrons. The smallest absolute Gasteiger partial charge is 0.0793 e. The van der Waals surface area contributed by atoms with Gasteiger partial charge in [-0.2, -0.15) is 0 Å². The van der Waals surface area contributed by atoms with E-state index in [-0.39, 0.29) is 12.0 Å². The van der Waals surface area contributed by atoms with Gasteiger partial charge in [0.05, 0.1) is 12.2 Å². The molecule has 16 heavy (non-hydrogen) atoms. The minimum Gasteiger partial charge on any atom is -0.393 e. The molecule has 0 amide bonds. The summed E-state index contributed by atoms with van der Waals surface area (Å²) in [7, 11) is 0. The van der Waals surface area contributed by atoms with E-state index in [0.29, 0.717) is 12.3 Å². The molecular weight excluding hydrogens is 200 g/mol. The number of hydrogen-bond acceptors (Lipinski definition) is 2. The molecule has 0 saturated carbocycles. The van der Waals surface area contributed by atoms with Crippen LogP contribution in [0.1, 0.15) is 38.9 Å². The van der Waals surface area contributed by atoms with E-state index in [1.165, 1.54) is 0 Å². The SMILES string of the molecule is CC(C)C(CC(O)c1ccccc1)C(C)O. The van der Waals surface area contributed by atoms with Crippen molar-refractivity contribution in [2.24, 2.45) is 11.8 Å². The molecule has 0 saturated heterocycles. The van der Waals surface area contributed by atoms with Gasteiger partial charge in [-0.3, -0.25) is 0 Å². The molecule has 90 valence electrons. The Balaban J connectivity index is 2.65. The average Bonchev–Trinajstić information content (AvgIpc) is 2.25. The number of rotatable bonds is 5. The monoisotopic (exact) mass is 222 g/mol. The second-order valence-electron chi connectivity index (χ2n) is 4.81. The lowest BCUT2D eigenvalue weighted by Gasteiger charge is -2.26. The summed E-state index contributed by atoms with van der Waals surface area (Å²) in [5.41, 5.74) is 0.925. The van der Waals surface area contributed by atoms with Crippen LogP contribution in [-0.4, -0.2) is 16.3 Å². The van der Waals surface area contributed by atoms with Gasteiger partial charge in [-0.25, -0.2) is 0 Å². The van der Waals surface area contributed by atoms with Crippen LogP contribution < -0.4 is 0 Å². The van der Waals surface area contributed by atoms with Crippen molar-refractivity contribution in [3.63, 3.8) is 0 Å². The first-order valence-corrected chi connectivity index (χ1v) is 5.93. The van der Waals surface area contributed by atoms with E-state index in [4.69, 9.17) is 0 Å². The zero-order chi connectivity index (χ0) is 12.1. The maximum absolute atomic E-state index is 10.1. The molecule has 3 atom stereocenters. The molecule has 0 aliphatic heterocycles. The zero-order valence-electron chi connectivity index (χ0n) is 10.3. The van der Waals surface area contributed by atoms with Crippen LogP contribution in [0.15, 0.2) is 30.3 Å². The summed E-state index contributed by atoms with van der Waals surface area (Å²) < 4.78 is 0. The van der Waals surface area contributed by atoms with Crippen LogP contribution >= 0.6 is 0 Å². The Bertz CT molecular complexity index is 285. The van der Waals surface area contributed by atoms with Crippen LogP contribution in [0, 0.1) is 11.8 Å². The number of aliphatic hydroxyl groups is 2. The third-order valence-electron chi connectivity index (χ3n) is 3.16. The van der Waals surface area contributed by atoms with E-state index in [9.17, 15) is 10.2 Å². The van der Waals surface area contributed by atoms with Gasteiger partial charge in [0.25, 0.3) is 0 Å². The van der Waals surface area contributed by atoms with Crippen molar-refractivity contribution < 1.29 is 10.2 Å². The van der Waals surface area contributed by atoms with Crippen molar-refractivity contribution in [2.75, 3.05) is 0 Å². The van der Waals surface area contributed by atoms with E-state index in [2.05, 4.69) is 13.8 Å². The van der Waals surface area contributed by atoms with Crippen molar-refractivity contribution in [3.8, 4) is 0 Å². The van der Waals surface area contributed by atoms with Gasteiger partial charge in [0.15, 0.2) is 0 Å². The minimum absolute atomic E-state index is 0.134. The van der Waals surface area contributed by atoms with E-state index in [1.807, 2.05) is 30.3 Å². The van der Waals surface area contributed by atoms with Gasteiger partial charge in [0.1, 0.15) is 0 Å². The highest BCUT2D eigenvalue weighted by atomic mass is 16.3. The lowest BCUT2D eigenvalue weighted by Crippen LogP contribution is -2.24. The molecule has 1 aromatic carbocycles. The predicted octanol–water partition coefficient (Wildman–Crippen LogP) is 2.76. The lowest BCUT2D eigenvalue weighted by atomic mass is 9.84. The maximum atomic E-state index is 10.1. The van der Waals surface area contributed by atoms with Gasteiger partial charge in [-0.1, -0.05) is 44.2 Å². The van der Waals surface area contributed by atoms with E-state index < -0.39 is 6.10 Å². The Morgan fingerprint density at radius 1 is 1.00 bits per heavy atom. The number of hydrogen-bond donors (Lipinski definition) is 2. The van der Waals surface area contributed by atoms with Crippen molar-refractivity contribution in [1.82, 2.24) is 0 Å². The largest absolute Gasteiger partial charge is 0.393 e. The van der Waals surface area contributed by atoms with Crippen LogP contribution in [0.5, 0.6) is 0 Å². The lowest BCUT2D eigenvalue weighted by molar-refractivity contribution is 0.0489. The van der Waals surface area contributed by atoms with E-state index in [1.54, 1.807) is 6.92 Å². The fourth-order valence-electron chi connectivity index (χ4n) is 2.10. The van der Waals surface area contributed by atoms with Gasteiger partial charge in [-0.15, -0.1) is 0 Å². The quantitative estimate of drug-likeness (QED) is 0.804. The summed E-state index contributed by atoms with van der Waals surface area (Å²) in [5.74, 6) is 0.508. The summed E-state index contributed by atoms with van der Waals surface area (Å²) in [5, 5.41) is 19.7. The van der Waals surface area contributed by atoms with Crippen LogP contribution in [0.2, 0.25) is 0 Å². The third kappa shape index (κ3) is 3.62. The Hall–Kier alpha value is -0.860. The summed E-state index contributed by atoms with van der Waals surface area (Å²) in [6.07, 6.45) is -0.249. The standard InChI is InChI=1S/C14H22O2/c1-10(2)13(11(3)15)9-14(16)12-7-5-4-6-8-12/h4-8,10-11,13-16H,9H2,1-3H3.